The molecule has 0 aliphatic carbocycles. The van der Waals surface area contributed by atoms with E-state index < -0.39 is 4.92 Å². The van der Waals surface area contributed by atoms with Crippen LogP contribution in [0.15, 0.2) is 42.5 Å². The van der Waals surface area contributed by atoms with Crippen LogP contribution in [0.3, 0.4) is 0 Å². The van der Waals surface area contributed by atoms with Gasteiger partial charge in [-0.25, -0.2) is 4.98 Å². The molecule has 0 unspecified atom stereocenters. The normalized spacial score (nSPS) is 10.7. The molecule has 1 aromatic heterocycles. The molecule has 0 fully saturated rings. The lowest BCUT2D eigenvalue weighted by atomic mass is 10.1. The van der Waals surface area contributed by atoms with Crippen LogP contribution in [-0.4, -0.2) is 17.0 Å². The van der Waals surface area contributed by atoms with Gasteiger partial charge in [0.2, 0.25) is 0 Å². The topological polar surface area (TPSA) is 74.5 Å². The number of halogens is 1. The van der Waals surface area contributed by atoms with Crippen LogP contribution in [0.4, 0.5) is 5.69 Å². The molecule has 6 nitrogen and oxygen atoms in total. The molecule has 0 radical (unpaired) electrons. The number of hydrogen-bond donors (Lipinski definition) is 0. The molecule has 0 aliphatic heterocycles. The summed E-state index contributed by atoms with van der Waals surface area (Å²) < 4.78 is 11.1. The number of para-hydroxylation sites is 1. The van der Waals surface area contributed by atoms with Gasteiger partial charge in [0.05, 0.1) is 17.6 Å². The van der Waals surface area contributed by atoms with Gasteiger partial charge in [-0.2, -0.15) is 0 Å². The van der Waals surface area contributed by atoms with Gasteiger partial charge in [-0.3, -0.25) is 10.1 Å². The number of nitro benzene ring substituents is 1. The summed E-state index contributed by atoms with van der Waals surface area (Å²) >= 11 is 6.18. The van der Waals surface area contributed by atoms with Crippen molar-refractivity contribution in [2.24, 2.45) is 0 Å². The van der Waals surface area contributed by atoms with Crippen LogP contribution in [0.2, 0.25) is 5.02 Å². The summed E-state index contributed by atoms with van der Waals surface area (Å²) in [7, 11) is 1.48. The van der Waals surface area contributed by atoms with Crippen LogP contribution in [-0.2, 0) is 6.61 Å². The highest BCUT2D eigenvalue weighted by atomic mass is 35.5. The van der Waals surface area contributed by atoms with Gasteiger partial charge in [-0.05, 0) is 25.1 Å². The lowest BCUT2D eigenvalue weighted by Crippen LogP contribution is -2.03. The third-order valence-electron chi connectivity index (χ3n) is 3.79. The number of pyridine rings is 1. The number of ether oxygens (including phenoxy) is 2. The third kappa shape index (κ3) is 3.34. The fourth-order valence-corrected chi connectivity index (χ4v) is 2.82. The minimum absolute atomic E-state index is 0.00808. The van der Waals surface area contributed by atoms with Crippen molar-refractivity contribution in [2.75, 3.05) is 7.11 Å². The number of rotatable bonds is 5. The number of aromatic nitrogens is 1. The van der Waals surface area contributed by atoms with Crippen molar-refractivity contribution in [1.29, 1.82) is 0 Å². The summed E-state index contributed by atoms with van der Waals surface area (Å²) in [4.78, 5) is 15.1. The second kappa shape index (κ2) is 6.94. The van der Waals surface area contributed by atoms with Gasteiger partial charge in [0.15, 0.2) is 0 Å². The number of nitrogens with zero attached hydrogens (tertiary/aromatic N) is 2. The molecule has 3 aromatic rings. The van der Waals surface area contributed by atoms with E-state index in [9.17, 15) is 10.1 Å². The van der Waals surface area contributed by atoms with E-state index in [4.69, 9.17) is 21.1 Å². The number of aryl methyl sites for hydroxylation is 1. The van der Waals surface area contributed by atoms with E-state index in [1.807, 2.05) is 31.2 Å². The van der Waals surface area contributed by atoms with Crippen LogP contribution >= 0.6 is 11.6 Å². The molecule has 3 rings (SSSR count). The summed E-state index contributed by atoms with van der Waals surface area (Å²) in [6.45, 7) is 1.93. The Balaban J connectivity index is 1.98. The van der Waals surface area contributed by atoms with E-state index in [-0.39, 0.29) is 17.3 Å². The molecule has 0 saturated heterocycles. The smallest absolute Gasteiger partial charge is 0.288 e. The summed E-state index contributed by atoms with van der Waals surface area (Å²) in [5.41, 5.74) is 1.83. The summed E-state index contributed by atoms with van der Waals surface area (Å²) in [6, 6.07) is 12.3. The first-order chi connectivity index (χ1) is 12.0. The minimum atomic E-state index is -0.534. The van der Waals surface area contributed by atoms with Gasteiger partial charge in [0, 0.05) is 17.1 Å². The van der Waals surface area contributed by atoms with Crippen molar-refractivity contribution in [3.63, 3.8) is 0 Å². The van der Waals surface area contributed by atoms with Gasteiger partial charge < -0.3 is 9.47 Å². The van der Waals surface area contributed by atoms with E-state index >= 15 is 0 Å². The monoisotopic (exact) mass is 358 g/mol. The van der Waals surface area contributed by atoms with E-state index in [1.54, 1.807) is 6.07 Å². The third-order valence-corrected chi connectivity index (χ3v) is 4.21. The Labute approximate surface area is 149 Å². The highest BCUT2D eigenvalue weighted by Gasteiger charge is 2.20. The molecular formula is C18H15ClN2O4. The van der Waals surface area contributed by atoms with Crippen molar-refractivity contribution >= 4 is 28.2 Å². The molecule has 0 amide bonds. The lowest BCUT2D eigenvalue weighted by Gasteiger charge is -2.13. The second-order valence-corrected chi connectivity index (χ2v) is 5.78. The van der Waals surface area contributed by atoms with Crippen LogP contribution in [0.25, 0.3) is 10.9 Å². The summed E-state index contributed by atoms with van der Waals surface area (Å²) in [5.74, 6) is 1.01. The Morgan fingerprint density at radius 2 is 1.96 bits per heavy atom. The SMILES string of the molecule is COc1ccc([N+](=O)[O-])c(Cl)c1COc1cccc2ccc(C)nc12. The predicted octanol–water partition coefficient (Wildman–Crippen LogP) is 4.69. The number of nitro groups is 1. The quantitative estimate of drug-likeness (QED) is 0.488. The van der Waals surface area contributed by atoms with Gasteiger partial charge >= 0.3 is 0 Å². The summed E-state index contributed by atoms with van der Waals surface area (Å²) in [6.07, 6.45) is 0. The van der Waals surface area contributed by atoms with Crippen molar-refractivity contribution in [1.82, 2.24) is 4.98 Å². The largest absolute Gasteiger partial charge is 0.496 e. The Hall–Kier alpha value is -2.86. The van der Waals surface area contributed by atoms with Crippen LogP contribution in [0.5, 0.6) is 11.5 Å². The van der Waals surface area contributed by atoms with E-state index in [0.29, 0.717) is 17.1 Å². The van der Waals surface area contributed by atoms with Crippen molar-refractivity contribution in [2.45, 2.75) is 13.5 Å². The van der Waals surface area contributed by atoms with E-state index in [2.05, 4.69) is 4.98 Å². The average molecular weight is 359 g/mol. The Bertz CT molecular complexity index is 959. The predicted molar refractivity (Wildman–Crippen MR) is 95.5 cm³/mol. The zero-order chi connectivity index (χ0) is 18.0. The molecule has 2 aromatic carbocycles. The van der Waals surface area contributed by atoms with Crippen molar-refractivity contribution in [3.05, 3.63) is 68.9 Å². The summed E-state index contributed by atoms with van der Waals surface area (Å²) in [5, 5.41) is 12.0. The van der Waals surface area contributed by atoms with Crippen molar-refractivity contribution in [3.8, 4) is 11.5 Å². The van der Waals surface area contributed by atoms with Crippen LogP contribution < -0.4 is 9.47 Å². The van der Waals surface area contributed by atoms with E-state index in [0.717, 1.165) is 16.6 Å². The lowest BCUT2D eigenvalue weighted by molar-refractivity contribution is -0.384. The number of methoxy groups -OCH3 is 1. The maximum Gasteiger partial charge on any atom is 0.288 e. The average Bonchev–Trinajstić information content (AvgIpc) is 2.60. The molecular weight excluding hydrogens is 344 g/mol. The highest BCUT2D eigenvalue weighted by molar-refractivity contribution is 6.33. The molecule has 1 heterocycles. The molecule has 0 bridgehead atoms. The Morgan fingerprint density at radius 1 is 1.16 bits per heavy atom. The first kappa shape index (κ1) is 17.0. The van der Waals surface area contributed by atoms with Gasteiger partial charge in [0.1, 0.15) is 28.6 Å². The maximum absolute atomic E-state index is 11.1. The second-order valence-electron chi connectivity index (χ2n) is 5.41. The molecule has 128 valence electrons. The first-order valence-corrected chi connectivity index (χ1v) is 7.88. The highest BCUT2D eigenvalue weighted by Crippen LogP contribution is 2.36. The zero-order valence-corrected chi connectivity index (χ0v) is 14.4. The molecule has 0 spiro atoms. The van der Waals surface area contributed by atoms with Gasteiger partial charge in [0.25, 0.3) is 5.69 Å². The molecule has 7 heteroatoms. The van der Waals surface area contributed by atoms with Gasteiger partial charge in [-0.1, -0.05) is 29.8 Å². The maximum atomic E-state index is 11.1. The fourth-order valence-electron chi connectivity index (χ4n) is 2.54. The standard InChI is InChI=1S/C18H15ClN2O4/c1-11-6-7-12-4-3-5-16(18(12)20-11)25-10-13-15(24-2)9-8-14(17(13)19)21(22)23/h3-9H,10H2,1-2H3. The zero-order valence-electron chi connectivity index (χ0n) is 13.7. The van der Waals surface area contributed by atoms with Gasteiger partial charge in [-0.15, -0.1) is 0 Å². The Morgan fingerprint density at radius 3 is 2.68 bits per heavy atom. The van der Waals surface area contributed by atoms with Crippen molar-refractivity contribution < 1.29 is 14.4 Å². The fraction of sp³-hybridized carbons (Fsp3) is 0.167. The molecule has 0 saturated carbocycles. The minimum Gasteiger partial charge on any atom is -0.496 e. The number of benzene rings is 2. The van der Waals surface area contributed by atoms with Crippen LogP contribution in [0.1, 0.15) is 11.3 Å². The molecule has 0 atom stereocenters. The van der Waals surface area contributed by atoms with E-state index in [1.165, 1.54) is 19.2 Å². The number of fused-ring (bicyclic) bond motifs is 1. The molecule has 0 aliphatic rings. The number of hydrogen-bond acceptors (Lipinski definition) is 5. The molecule has 25 heavy (non-hydrogen) atoms. The van der Waals surface area contributed by atoms with Crippen LogP contribution in [0, 0.1) is 17.0 Å². The first-order valence-electron chi connectivity index (χ1n) is 7.50. The molecule has 0 N–H and O–H groups in total. The Kier molecular flexibility index (Phi) is 4.72.